The van der Waals surface area contributed by atoms with E-state index in [0.29, 0.717) is 0 Å². The van der Waals surface area contributed by atoms with Crippen LogP contribution in [0.3, 0.4) is 0 Å². The van der Waals surface area contributed by atoms with Gasteiger partial charge in [-0.1, -0.05) is 27.7 Å². The molecule has 0 unspecified atom stereocenters. The normalized spacial score (nSPS) is 12.3. The molecular weight excluding hydrogens is 186 g/mol. The standard InChI is InChI=1S/C12H17N3/c1-5-9-8-11-13-10(12(2,3)4)6-7-15(11)14-9/h6-8H,5H2,1-4H3. The minimum atomic E-state index is 0.0956. The van der Waals surface area contributed by atoms with Gasteiger partial charge in [0.1, 0.15) is 0 Å². The van der Waals surface area contributed by atoms with Gasteiger partial charge < -0.3 is 0 Å². The van der Waals surface area contributed by atoms with Crippen LogP contribution in [-0.2, 0) is 11.8 Å². The summed E-state index contributed by atoms with van der Waals surface area (Å²) in [6, 6.07) is 4.09. The third kappa shape index (κ3) is 1.87. The molecule has 0 radical (unpaired) electrons. The van der Waals surface area contributed by atoms with Gasteiger partial charge >= 0.3 is 0 Å². The maximum atomic E-state index is 4.62. The molecule has 0 saturated heterocycles. The van der Waals surface area contributed by atoms with E-state index in [-0.39, 0.29) is 5.41 Å². The summed E-state index contributed by atoms with van der Waals surface area (Å²) in [6.07, 6.45) is 2.94. The number of hydrogen-bond donors (Lipinski definition) is 0. The molecule has 0 atom stereocenters. The van der Waals surface area contributed by atoms with Crippen molar-refractivity contribution in [3.63, 3.8) is 0 Å². The Morgan fingerprint density at radius 1 is 1.33 bits per heavy atom. The van der Waals surface area contributed by atoms with Gasteiger partial charge in [-0.2, -0.15) is 5.10 Å². The number of hydrogen-bond acceptors (Lipinski definition) is 2. The molecule has 0 amide bonds. The van der Waals surface area contributed by atoms with Crippen molar-refractivity contribution in [3.8, 4) is 0 Å². The quantitative estimate of drug-likeness (QED) is 0.713. The number of fused-ring (bicyclic) bond motifs is 1. The fourth-order valence-electron chi connectivity index (χ4n) is 1.52. The van der Waals surface area contributed by atoms with Crippen molar-refractivity contribution in [2.75, 3.05) is 0 Å². The van der Waals surface area contributed by atoms with Crippen LogP contribution in [0, 0.1) is 0 Å². The summed E-state index contributed by atoms with van der Waals surface area (Å²) in [6.45, 7) is 8.61. The molecule has 0 aliphatic carbocycles. The predicted octanol–water partition coefficient (Wildman–Crippen LogP) is 2.59. The summed E-state index contributed by atoms with van der Waals surface area (Å²) < 4.78 is 1.84. The average molecular weight is 203 g/mol. The van der Waals surface area contributed by atoms with Crippen molar-refractivity contribution in [3.05, 3.63) is 29.7 Å². The molecular formula is C12H17N3. The summed E-state index contributed by atoms with van der Waals surface area (Å²) in [5.74, 6) is 0. The molecule has 3 heteroatoms. The molecule has 0 bridgehead atoms. The van der Waals surface area contributed by atoms with Crippen LogP contribution < -0.4 is 0 Å². The second-order valence-electron chi connectivity index (χ2n) is 4.85. The largest absolute Gasteiger partial charge is 0.233 e. The lowest BCUT2D eigenvalue weighted by Gasteiger charge is -2.17. The molecule has 3 nitrogen and oxygen atoms in total. The Labute approximate surface area is 90.1 Å². The van der Waals surface area contributed by atoms with Crippen LogP contribution in [0.25, 0.3) is 5.65 Å². The molecule has 2 rings (SSSR count). The smallest absolute Gasteiger partial charge is 0.155 e. The summed E-state index contributed by atoms with van der Waals surface area (Å²) in [7, 11) is 0. The Bertz CT molecular complexity index is 477. The molecule has 0 spiro atoms. The maximum Gasteiger partial charge on any atom is 0.155 e. The molecule has 0 fully saturated rings. The second kappa shape index (κ2) is 3.33. The van der Waals surface area contributed by atoms with E-state index in [1.807, 2.05) is 16.8 Å². The van der Waals surface area contributed by atoms with E-state index in [9.17, 15) is 0 Å². The lowest BCUT2D eigenvalue weighted by Crippen LogP contribution is -2.13. The minimum absolute atomic E-state index is 0.0956. The molecule has 0 aliphatic heterocycles. The second-order valence-corrected chi connectivity index (χ2v) is 4.85. The highest BCUT2D eigenvalue weighted by Gasteiger charge is 2.15. The summed E-state index contributed by atoms with van der Waals surface area (Å²) in [5, 5.41) is 4.41. The van der Waals surface area contributed by atoms with Gasteiger partial charge in [-0.25, -0.2) is 9.50 Å². The highest BCUT2D eigenvalue weighted by atomic mass is 15.2. The molecule has 0 aliphatic rings. The first-order valence-corrected chi connectivity index (χ1v) is 5.36. The zero-order valence-electron chi connectivity index (χ0n) is 9.78. The van der Waals surface area contributed by atoms with E-state index in [4.69, 9.17) is 0 Å². The number of nitrogens with zero attached hydrogens (tertiary/aromatic N) is 3. The monoisotopic (exact) mass is 203 g/mol. The molecule has 15 heavy (non-hydrogen) atoms. The van der Waals surface area contributed by atoms with Crippen LogP contribution in [0.2, 0.25) is 0 Å². The first-order valence-electron chi connectivity index (χ1n) is 5.36. The van der Waals surface area contributed by atoms with E-state index in [0.717, 1.165) is 23.5 Å². The van der Waals surface area contributed by atoms with E-state index in [1.165, 1.54) is 0 Å². The molecule has 2 heterocycles. The number of aromatic nitrogens is 3. The fourth-order valence-corrected chi connectivity index (χ4v) is 1.52. The molecule has 2 aromatic heterocycles. The van der Waals surface area contributed by atoms with Gasteiger partial charge in [-0.15, -0.1) is 0 Å². The minimum Gasteiger partial charge on any atom is -0.233 e. The highest BCUT2D eigenvalue weighted by molar-refractivity contribution is 5.40. The van der Waals surface area contributed by atoms with Gasteiger partial charge in [-0.05, 0) is 12.5 Å². The van der Waals surface area contributed by atoms with Gasteiger partial charge in [0, 0.05) is 23.4 Å². The maximum absolute atomic E-state index is 4.62. The first-order chi connectivity index (χ1) is 7.00. The van der Waals surface area contributed by atoms with Crippen LogP contribution in [-0.4, -0.2) is 14.6 Å². The third-order valence-corrected chi connectivity index (χ3v) is 2.51. The summed E-state index contributed by atoms with van der Waals surface area (Å²) >= 11 is 0. The Morgan fingerprint density at radius 2 is 2.07 bits per heavy atom. The Hall–Kier alpha value is -1.38. The number of rotatable bonds is 1. The van der Waals surface area contributed by atoms with Gasteiger partial charge in [0.05, 0.1) is 5.69 Å². The van der Waals surface area contributed by atoms with Crippen molar-refractivity contribution in [2.24, 2.45) is 0 Å². The van der Waals surface area contributed by atoms with Gasteiger partial charge in [0.2, 0.25) is 0 Å². The lowest BCUT2D eigenvalue weighted by molar-refractivity contribution is 0.568. The van der Waals surface area contributed by atoms with Crippen molar-refractivity contribution < 1.29 is 0 Å². The van der Waals surface area contributed by atoms with E-state index >= 15 is 0 Å². The lowest BCUT2D eigenvalue weighted by atomic mass is 9.92. The SMILES string of the molecule is CCc1cc2nc(C(C)(C)C)ccn2n1. The Morgan fingerprint density at radius 3 is 2.67 bits per heavy atom. The molecule has 0 N–H and O–H groups in total. The van der Waals surface area contributed by atoms with Crippen molar-refractivity contribution >= 4 is 5.65 Å². The Balaban J connectivity index is 2.55. The zero-order valence-corrected chi connectivity index (χ0v) is 9.78. The average Bonchev–Trinajstić information content (AvgIpc) is 2.57. The van der Waals surface area contributed by atoms with Crippen molar-refractivity contribution in [1.29, 1.82) is 0 Å². The molecule has 0 aromatic carbocycles. The highest BCUT2D eigenvalue weighted by Crippen LogP contribution is 2.20. The van der Waals surface area contributed by atoms with Crippen LogP contribution in [0.15, 0.2) is 18.3 Å². The van der Waals surface area contributed by atoms with Crippen LogP contribution >= 0.6 is 0 Å². The predicted molar refractivity (Wildman–Crippen MR) is 61.1 cm³/mol. The molecule has 0 saturated carbocycles. The van der Waals surface area contributed by atoms with E-state index in [2.05, 4.69) is 43.8 Å². The van der Waals surface area contributed by atoms with Crippen LogP contribution in [0.4, 0.5) is 0 Å². The third-order valence-electron chi connectivity index (χ3n) is 2.51. The van der Waals surface area contributed by atoms with Crippen molar-refractivity contribution in [1.82, 2.24) is 14.6 Å². The van der Waals surface area contributed by atoms with Gasteiger partial charge in [0.15, 0.2) is 5.65 Å². The van der Waals surface area contributed by atoms with Gasteiger partial charge in [-0.3, -0.25) is 0 Å². The summed E-state index contributed by atoms with van der Waals surface area (Å²) in [5.41, 5.74) is 3.24. The van der Waals surface area contributed by atoms with E-state index in [1.54, 1.807) is 0 Å². The molecule has 2 aromatic rings. The van der Waals surface area contributed by atoms with Crippen LogP contribution in [0.5, 0.6) is 0 Å². The molecule has 80 valence electrons. The van der Waals surface area contributed by atoms with Gasteiger partial charge in [0.25, 0.3) is 0 Å². The summed E-state index contributed by atoms with van der Waals surface area (Å²) in [4.78, 5) is 4.62. The first kappa shape index (κ1) is 10.1. The Kier molecular flexibility index (Phi) is 2.25. The number of aryl methyl sites for hydroxylation is 1. The zero-order chi connectivity index (χ0) is 11.1. The fraction of sp³-hybridized carbons (Fsp3) is 0.500. The van der Waals surface area contributed by atoms with E-state index < -0.39 is 0 Å². The van der Waals surface area contributed by atoms with Crippen LogP contribution in [0.1, 0.15) is 39.1 Å². The topological polar surface area (TPSA) is 30.2 Å². The van der Waals surface area contributed by atoms with Crippen molar-refractivity contribution in [2.45, 2.75) is 39.5 Å².